The third kappa shape index (κ3) is 5.65. The largest absolute Gasteiger partial charge is 0.370 e. The lowest BCUT2D eigenvalue weighted by molar-refractivity contribution is -0.906. The van der Waals surface area contributed by atoms with Crippen LogP contribution in [0.2, 0.25) is 0 Å². The highest BCUT2D eigenvalue weighted by Gasteiger charge is 2.26. The molecule has 2 saturated heterocycles. The van der Waals surface area contributed by atoms with E-state index in [1.54, 1.807) is 4.90 Å². The molecule has 0 unspecified atom stereocenters. The number of amides is 1. The predicted octanol–water partition coefficient (Wildman–Crippen LogP) is 0.127. The van der Waals surface area contributed by atoms with Crippen molar-refractivity contribution in [1.29, 1.82) is 0 Å². The van der Waals surface area contributed by atoms with Gasteiger partial charge in [-0.2, -0.15) is 0 Å². The molecule has 1 aromatic rings. The number of carbonyl (C=O) groups is 1. The summed E-state index contributed by atoms with van der Waals surface area (Å²) in [6, 6.07) is 9.65. The first-order chi connectivity index (χ1) is 12.7. The fraction of sp³-hybridized carbons (Fsp3) is 0.579. The molecular weight excluding hydrogens is 348 g/mol. The zero-order chi connectivity index (χ0) is 18.2. The minimum Gasteiger partial charge on any atom is -0.370 e. The molecule has 6 nitrogen and oxygen atoms in total. The summed E-state index contributed by atoms with van der Waals surface area (Å²) >= 11 is 5.53. The van der Waals surface area contributed by atoms with Crippen LogP contribution in [0.5, 0.6) is 0 Å². The number of benzene rings is 1. The number of para-hydroxylation sites is 1. The smallest absolute Gasteiger partial charge is 0.227 e. The highest BCUT2D eigenvalue weighted by molar-refractivity contribution is 7.80. The van der Waals surface area contributed by atoms with E-state index in [9.17, 15) is 4.79 Å². The lowest BCUT2D eigenvalue weighted by atomic mass is 9.96. The zero-order valence-electron chi connectivity index (χ0n) is 15.2. The molecule has 0 atom stereocenters. The van der Waals surface area contributed by atoms with Crippen LogP contribution in [0, 0.1) is 5.92 Å². The number of piperidine rings is 1. The van der Waals surface area contributed by atoms with Crippen molar-refractivity contribution in [3.63, 3.8) is 0 Å². The highest BCUT2D eigenvalue weighted by Crippen LogP contribution is 2.19. The molecule has 0 aromatic heterocycles. The van der Waals surface area contributed by atoms with Crippen LogP contribution in [0.4, 0.5) is 5.69 Å². The fourth-order valence-electron chi connectivity index (χ4n) is 3.48. The molecule has 0 saturated carbocycles. The summed E-state index contributed by atoms with van der Waals surface area (Å²) in [5.74, 6) is 0.178. The zero-order valence-corrected chi connectivity index (χ0v) is 16.0. The van der Waals surface area contributed by atoms with Crippen molar-refractivity contribution < 1.29 is 14.4 Å². The Morgan fingerprint density at radius 2 is 1.88 bits per heavy atom. The molecule has 0 aliphatic carbocycles. The molecule has 2 heterocycles. The van der Waals surface area contributed by atoms with Crippen molar-refractivity contribution in [1.82, 2.24) is 10.2 Å². The van der Waals surface area contributed by atoms with Gasteiger partial charge >= 0.3 is 0 Å². The summed E-state index contributed by atoms with van der Waals surface area (Å²) in [4.78, 5) is 16.2. The van der Waals surface area contributed by atoms with Crippen molar-refractivity contribution in [3.8, 4) is 0 Å². The molecule has 142 valence electrons. The van der Waals surface area contributed by atoms with Crippen LogP contribution in [-0.4, -0.2) is 68.4 Å². The van der Waals surface area contributed by atoms with Gasteiger partial charge in [0.25, 0.3) is 0 Å². The monoisotopic (exact) mass is 377 g/mol. The summed E-state index contributed by atoms with van der Waals surface area (Å²) < 4.78 is 5.38. The summed E-state index contributed by atoms with van der Waals surface area (Å²) in [6.45, 7) is 7.51. The number of hydrogen-bond donors (Lipinski definition) is 3. The maximum absolute atomic E-state index is 12.4. The van der Waals surface area contributed by atoms with Gasteiger partial charge in [0.15, 0.2) is 5.11 Å². The van der Waals surface area contributed by atoms with E-state index in [0.29, 0.717) is 0 Å². The third-order valence-electron chi connectivity index (χ3n) is 5.15. The van der Waals surface area contributed by atoms with E-state index in [4.69, 9.17) is 17.0 Å². The van der Waals surface area contributed by atoms with Crippen LogP contribution in [-0.2, 0) is 9.53 Å². The number of rotatable bonds is 5. The van der Waals surface area contributed by atoms with Crippen LogP contribution >= 0.6 is 12.2 Å². The minimum atomic E-state index is 0.0621. The van der Waals surface area contributed by atoms with E-state index in [1.807, 2.05) is 30.3 Å². The second-order valence-electron chi connectivity index (χ2n) is 6.96. The first-order valence-corrected chi connectivity index (χ1v) is 9.93. The Balaban J connectivity index is 1.34. The molecule has 26 heavy (non-hydrogen) atoms. The van der Waals surface area contributed by atoms with Gasteiger partial charge in [-0.25, -0.2) is 0 Å². The molecule has 3 rings (SSSR count). The van der Waals surface area contributed by atoms with Gasteiger partial charge in [0.2, 0.25) is 5.91 Å². The van der Waals surface area contributed by atoms with Gasteiger partial charge in [0.1, 0.15) is 13.1 Å². The number of nitrogens with one attached hydrogen (secondary N) is 3. The number of ether oxygens (including phenoxy) is 1. The van der Waals surface area contributed by atoms with Crippen molar-refractivity contribution in [2.45, 2.75) is 12.8 Å². The quantitative estimate of drug-likeness (QED) is 0.637. The minimum absolute atomic E-state index is 0.0621. The van der Waals surface area contributed by atoms with Gasteiger partial charge in [0.05, 0.1) is 26.3 Å². The van der Waals surface area contributed by atoms with E-state index in [2.05, 4.69) is 15.5 Å². The van der Waals surface area contributed by atoms with Crippen molar-refractivity contribution in [3.05, 3.63) is 30.3 Å². The molecule has 2 aliphatic heterocycles. The first kappa shape index (κ1) is 19.1. The number of carbonyl (C=O) groups excluding carboxylic acids is 1. The van der Waals surface area contributed by atoms with Crippen LogP contribution in [0.15, 0.2) is 30.3 Å². The highest BCUT2D eigenvalue weighted by atomic mass is 32.1. The molecule has 0 bridgehead atoms. The Morgan fingerprint density at radius 3 is 2.58 bits per heavy atom. The lowest BCUT2D eigenvalue weighted by Crippen LogP contribution is -3.14. The molecule has 0 spiro atoms. The number of thiocarbonyl (C=S) groups is 1. The first-order valence-electron chi connectivity index (χ1n) is 9.52. The summed E-state index contributed by atoms with van der Waals surface area (Å²) in [7, 11) is 0. The van der Waals surface area contributed by atoms with Crippen molar-refractivity contribution in [2.75, 3.05) is 57.8 Å². The normalized spacial score (nSPS) is 19.2. The Kier molecular flexibility index (Phi) is 7.22. The molecule has 1 aromatic carbocycles. The van der Waals surface area contributed by atoms with Crippen molar-refractivity contribution >= 4 is 28.9 Å². The second kappa shape index (κ2) is 9.85. The standard InChI is InChI=1S/C19H28N4O2S/c24-18(21-17-4-2-1-3-5-17)16-6-9-23(10-7-16)19(26)20-8-11-22-12-14-25-15-13-22/h1-5,16H,6-15H2,(H,20,26)(H,21,24)/p+1. The van der Waals surface area contributed by atoms with Gasteiger partial charge in [-0.05, 0) is 37.2 Å². The Morgan fingerprint density at radius 1 is 1.19 bits per heavy atom. The molecule has 7 heteroatoms. The van der Waals surface area contributed by atoms with E-state index >= 15 is 0 Å². The predicted molar refractivity (Wildman–Crippen MR) is 106 cm³/mol. The van der Waals surface area contributed by atoms with Crippen molar-refractivity contribution in [2.24, 2.45) is 5.92 Å². The van der Waals surface area contributed by atoms with Crippen LogP contribution < -0.4 is 15.5 Å². The van der Waals surface area contributed by atoms with E-state index in [-0.39, 0.29) is 11.8 Å². The maximum atomic E-state index is 12.4. The van der Waals surface area contributed by atoms with Crippen LogP contribution in [0.25, 0.3) is 0 Å². The van der Waals surface area contributed by atoms with Crippen LogP contribution in [0.3, 0.4) is 0 Å². The Labute approximate surface area is 160 Å². The molecule has 2 fully saturated rings. The average Bonchev–Trinajstić information content (AvgIpc) is 2.69. The van der Waals surface area contributed by atoms with Gasteiger partial charge in [-0.15, -0.1) is 0 Å². The topological polar surface area (TPSA) is 58.0 Å². The van der Waals surface area contributed by atoms with Crippen LogP contribution in [0.1, 0.15) is 12.8 Å². The van der Waals surface area contributed by atoms with E-state index in [1.165, 1.54) is 0 Å². The second-order valence-corrected chi connectivity index (χ2v) is 7.35. The summed E-state index contributed by atoms with van der Waals surface area (Å²) in [5.41, 5.74) is 0.864. The molecular formula is C19H29N4O2S+. The average molecular weight is 378 g/mol. The molecule has 0 radical (unpaired) electrons. The van der Waals surface area contributed by atoms with E-state index in [0.717, 1.165) is 76.1 Å². The number of anilines is 1. The number of likely N-dealkylation sites (tertiary alicyclic amines) is 1. The number of morpholine rings is 1. The lowest BCUT2D eigenvalue weighted by Gasteiger charge is -2.33. The van der Waals surface area contributed by atoms with Gasteiger partial charge in [-0.1, -0.05) is 18.2 Å². The number of quaternary nitrogens is 1. The maximum Gasteiger partial charge on any atom is 0.227 e. The van der Waals surface area contributed by atoms with Gasteiger partial charge in [0, 0.05) is 24.7 Å². The molecule has 3 N–H and O–H groups in total. The summed E-state index contributed by atoms with van der Waals surface area (Å²) in [6.07, 6.45) is 1.68. The Hall–Kier alpha value is -1.70. The Bertz CT molecular complexity index is 584. The van der Waals surface area contributed by atoms with Gasteiger partial charge < -0.3 is 25.2 Å². The molecule has 2 aliphatic rings. The van der Waals surface area contributed by atoms with Gasteiger partial charge in [-0.3, -0.25) is 4.79 Å². The fourth-order valence-corrected chi connectivity index (χ4v) is 3.76. The summed E-state index contributed by atoms with van der Waals surface area (Å²) in [5, 5.41) is 7.21. The third-order valence-corrected chi connectivity index (χ3v) is 5.55. The molecule has 1 amide bonds. The number of hydrogen-bond acceptors (Lipinski definition) is 3. The number of nitrogens with zero attached hydrogens (tertiary/aromatic N) is 1. The van der Waals surface area contributed by atoms with E-state index < -0.39 is 0 Å². The SMILES string of the molecule is O=C(Nc1ccccc1)C1CCN(C(=S)NCC[NH+]2CCOCC2)CC1.